The third-order valence-electron chi connectivity index (χ3n) is 5.58. The van der Waals surface area contributed by atoms with Gasteiger partial charge in [-0.1, -0.05) is 59.7 Å². The van der Waals surface area contributed by atoms with Crippen LogP contribution < -0.4 is 0 Å². The van der Waals surface area contributed by atoms with Gasteiger partial charge in [-0.05, 0) is 68.7 Å². The minimum Gasteiger partial charge on any atom is -0.304 e. The lowest BCUT2D eigenvalue weighted by Gasteiger charge is -2.07. The quantitative estimate of drug-likeness (QED) is 0.230. The van der Waals surface area contributed by atoms with Crippen molar-refractivity contribution in [3.8, 4) is 0 Å². The van der Waals surface area contributed by atoms with E-state index in [4.69, 9.17) is 0 Å². The van der Waals surface area contributed by atoms with E-state index >= 15 is 0 Å². The van der Waals surface area contributed by atoms with Crippen LogP contribution in [-0.4, -0.2) is 28.4 Å². The monoisotopic (exact) mass is 498 g/mol. The van der Waals surface area contributed by atoms with Gasteiger partial charge in [-0.15, -0.1) is 0 Å². The molecular weight excluding hydrogens is 456 g/mol. The smallest absolute Gasteiger partial charge is 0.139 e. The van der Waals surface area contributed by atoms with Crippen molar-refractivity contribution in [2.24, 2.45) is 0 Å². The number of imidazole rings is 2. The van der Waals surface area contributed by atoms with Crippen LogP contribution in [0.1, 0.15) is 70.1 Å². The summed E-state index contributed by atoms with van der Waals surface area (Å²) in [7, 11) is 0. The molecule has 0 saturated carbocycles. The molecule has 6 heterocycles. The van der Waals surface area contributed by atoms with Crippen LogP contribution in [0.4, 0.5) is 0 Å². The number of nitrogens with zero attached hydrogens (tertiary/aromatic N) is 6. The van der Waals surface area contributed by atoms with Crippen LogP contribution >= 0.6 is 0 Å². The van der Waals surface area contributed by atoms with Crippen molar-refractivity contribution in [2.75, 3.05) is 0 Å². The second-order valence-electron chi connectivity index (χ2n) is 8.38. The maximum Gasteiger partial charge on any atom is 0.139 e. The number of rotatable bonds is 1. The van der Waals surface area contributed by atoms with Gasteiger partial charge in [0.25, 0.3) is 0 Å². The van der Waals surface area contributed by atoms with E-state index in [1.54, 1.807) is 0 Å². The second-order valence-corrected chi connectivity index (χ2v) is 8.38. The van der Waals surface area contributed by atoms with Gasteiger partial charge < -0.3 is 8.80 Å². The Morgan fingerprint density at radius 1 is 0.676 bits per heavy atom. The first-order valence-corrected chi connectivity index (χ1v) is 13.2. The van der Waals surface area contributed by atoms with Crippen molar-refractivity contribution in [3.05, 3.63) is 108 Å². The molecule has 6 nitrogen and oxygen atoms in total. The molecular formula is C31H42N6. The first kappa shape index (κ1) is 29.3. The van der Waals surface area contributed by atoms with Gasteiger partial charge in [0, 0.05) is 48.1 Å². The van der Waals surface area contributed by atoms with Crippen LogP contribution in [0.15, 0.2) is 85.6 Å². The fourth-order valence-electron chi connectivity index (χ4n) is 3.81. The van der Waals surface area contributed by atoms with Crippen LogP contribution in [0.25, 0.3) is 16.8 Å². The predicted octanol–water partition coefficient (Wildman–Crippen LogP) is 8.10. The Morgan fingerprint density at radius 3 is 2.08 bits per heavy atom. The van der Waals surface area contributed by atoms with E-state index in [0.29, 0.717) is 5.92 Å². The van der Waals surface area contributed by atoms with Gasteiger partial charge in [0.2, 0.25) is 0 Å². The van der Waals surface area contributed by atoms with E-state index in [2.05, 4.69) is 69.8 Å². The molecule has 6 aromatic rings. The van der Waals surface area contributed by atoms with E-state index in [1.807, 2.05) is 107 Å². The molecule has 0 amide bonds. The van der Waals surface area contributed by atoms with Gasteiger partial charge in [0.1, 0.15) is 11.3 Å². The number of fused-ring (bicyclic) bond motifs is 3. The summed E-state index contributed by atoms with van der Waals surface area (Å²) < 4.78 is 6.14. The lowest BCUT2D eigenvalue weighted by atomic mass is 10.1. The van der Waals surface area contributed by atoms with Crippen molar-refractivity contribution in [1.82, 2.24) is 28.4 Å². The Bertz CT molecular complexity index is 1490. The zero-order chi connectivity index (χ0) is 27.4. The number of hydrogen-bond donors (Lipinski definition) is 0. The van der Waals surface area contributed by atoms with Crippen molar-refractivity contribution in [1.29, 1.82) is 0 Å². The molecule has 0 saturated heterocycles. The number of aromatic nitrogens is 6. The molecule has 0 atom stereocenters. The van der Waals surface area contributed by atoms with Crippen molar-refractivity contribution in [2.45, 2.75) is 68.2 Å². The molecule has 6 heteroatoms. The normalized spacial score (nSPS) is 10.0. The van der Waals surface area contributed by atoms with Crippen LogP contribution in [-0.2, 0) is 0 Å². The average Bonchev–Trinajstić information content (AvgIpc) is 3.68. The standard InChI is InChI=1S/C10H12N2.C9H10N2.C8H8N2.2C2H6/c1-8(2)9-4-3-5-10-11-6-7-12(9)10;1-7-4-3-5-11-8(2)6-10-9(7)11;1-7-3-2-4-8-5-6-9-10(7)8;2*1-2/h3-8H,1-2H3;3-6H,1-2H3;2-6H,1H3;2*1-2H3. The fourth-order valence-corrected chi connectivity index (χ4v) is 3.81. The summed E-state index contributed by atoms with van der Waals surface area (Å²) in [6.45, 7) is 18.5. The topological polar surface area (TPSA) is 51.9 Å². The van der Waals surface area contributed by atoms with E-state index in [9.17, 15) is 0 Å². The second kappa shape index (κ2) is 14.6. The summed E-state index contributed by atoms with van der Waals surface area (Å²) in [5, 5.41) is 4.13. The highest BCUT2D eigenvalue weighted by Crippen LogP contribution is 2.15. The van der Waals surface area contributed by atoms with E-state index in [0.717, 1.165) is 16.8 Å². The fraction of sp³-hybridized carbons (Fsp3) is 0.323. The average molecular weight is 499 g/mol. The summed E-state index contributed by atoms with van der Waals surface area (Å²) in [6.07, 6.45) is 9.57. The van der Waals surface area contributed by atoms with Crippen LogP contribution in [0.5, 0.6) is 0 Å². The molecule has 0 fully saturated rings. The Hall–Kier alpha value is -3.93. The predicted molar refractivity (Wildman–Crippen MR) is 157 cm³/mol. The molecule has 0 radical (unpaired) electrons. The van der Waals surface area contributed by atoms with Gasteiger partial charge in [0.15, 0.2) is 0 Å². The molecule has 0 aliphatic rings. The third-order valence-corrected chi connectivity index (χ3v) is 5.58. The molecule has 37 heavy (non-hydrogen) atoms. The summed E-state index contributed by atoms with van der Waals surface area (Å²) in [5.74, 6) is 0.544. The Kier molecular flexibility index (Phi) is 11.6. The number of pyridine rings is 3. The molecule has 0 bridgehead atoms. The Labute approximate surface area is 221 Å². The highest BCUT2D eigenvalue weighted by Gasteiger charge is 2.03. The highest BCUT2D eigenvalue weighted by atomic mass is 15.2. The summed E-state index contributed by atoms with van der Waals surface area (Å²) in [5.41, 5.74) is 8.13. The maximum absolute atomic E-state index is 4.28. The van der Waals surface area contributed by atoms with Crippen LogP contribution in [0.2, 0.25) is 0 Å². The molecule has 0 aliphatic heterocycles. The number of hydrogen-bond acceptors (Lipinski definition) is 3. The first-order chi connectivity index (χ1) is 18.0. The first-order valence-electron chi connectivity index (χ1n) is 13.2. The van der Waals surface area contributed by atoms with Gasteiger partial charge in [-0.3, -0.25) is 0 Å². The molecule has 0 unspecified atom stereocenters. The minimum atomic E-state index is 0.544. The Balaban J connectivity index is 0.000000183. The van der Waals surface area contributed by atoms with Gasteiger partial charge in [-0.25, -0.2) is 14.5 Å². The molecule has 0 N–H and O–H groups in total. The van der Waals surface area contributed by atoms with Crippen LogP contribution in [0, 0.1) is 20.8 Å². The zero-order valence-electron chi connectivity index (χ0n) is 23.8. The van der Waals surface area contributed by atoms with Gasteiger partial charge >= 0.3 is 0 Å². The molecule has 6 rings (SSSR count). The summed E-state index contributed by atoms with van der Waals surface area (Å²) in [4.78, 5) is 8.51. The summed E-state index contributed by atoms with van der Waals surface area (Å²) >= 11 is 0. The van der Waals surface area contributed by atoms with Crippen molar-refractivity contribution in [3.63, 3.8) is 0 Å². The van der Waals surface area contributed by atoms with E-state index in [1.165, 1.54) is 22.6 Å². The number of aryl methyl sites for hydroxylation is 3. The molecule has 6 aromatic heterocycles. The molecule has 0 spiro atoms. The van der Waals surface area contributed by atoms with Crippen molar-refractivity contribution >= 4 is 16.8 Å². The van der Waals surface area contributed by atoms with E-state index in [-0.39, 0.29) is 0 Å². The molecule has 196 valence electrons. The zero-order valence-corrected chi connectivity index (χ0v) is 23.8. The Morgan fingerprint density at radius 2 is 1.41 bits per heavy atom. The van der Waals surface area contributed by atoms with Crippen LogP contribution in [0.3, 0.4) is 0 Å². The molecule has 0 aliphatic carbocycles. The maximum atomic E-state index is 4.28. The lowest BCUT2D eigenvalue weighted by Crippen LogP contribution is -1.96. The van der Waals surface area contributed by atoms with Crippen molar-refractivity contribution < 1.29 is 0 Å². The lowest BCUT2D eigenvalue weighted by molar-refractivity contribution is 0.801. The highest BCUT2D eigenvalue weighted by molar-refractivity contribution is 5.48. The SMILES string of the molecule is CC.CC.CC(C)c1cccc2nccn12.Cc1cccc2ccnn12.Cc1cccn2c(C)cnc12. The largest absolute Gasteiger partial charge is 0.304 e. The minimum absolute atomic E-state index is 0.544. The molecule has 0 aromatic carbocycles. The van der Waals surface area contributed by atoms with E-state index < -0.39 is 0 Å². The van der Waals surface area contributed by atoms with Gasteiger partial charge in [0.05, 0.1) is 5.52 Å². The van der Waals surface area contributed by atoms with Gasteiger partial charge in [-0.2, -0.15) is 5.10 Å². The third kappa shape index (κ3) is 7.29. The summed E-state index contributed by atoms with van der Waals surface area (Å²) in [6, 6.07) is 18.4.